The normalized spacial score (nSPS) is 14.6. The lowest BCUT2D eigenvalue weighted by Crippen LogP contribution is -2.15. The Labute approximate surface area is 113 Å². The van der Waals surface area contributed by atoms with E-state index in [2.05, 4.69) is 15.2 Å². The van der Waals surface area contributed by atoms with E-state index in [1.165, 1.54) is 18.7 Å². The molecular formula is C12H12N4O2S. The zero-order valence-electron chi connectivity index (χ0n) is 10.3. The van der Waals surface area contributed by atoms with Gasteiger partial charge in [-0.2, -0.15) is 0 Å². The summed E-state index contributed by atoms with van der Waals surface area (Å²) in [6.07, 6.45) is 3.67. The lowest BCUT2D eigenvalue weighted by molar-refractivity contribution is 0.101. The molecule has 3 rings (SSSR count). The molecule has 1 aliphatic carbocycles. The van der Waals surface area contributed by atoms with Crippen molar-refractivity contribution in [3.63, 3.8) is 0 Å². The van der Waals surface area contributed by atoms with Crippen molar-refractivity contribution >= 4 is 17.5 Å². The third-order valence-corrected chi connectivity index (χ3v) is 3.84. The van der Waals surface area contributed by atoms with Gasteiger partial charge in [0.15, 0.2) is 10.9 Å². The number of hydrogen-bond acceptors (Lipinski definition) is 5. The number of rotatable bonds is 4. The molecule has 19 heavy (non-hydrogen) atoms. The number of aromatic nitrogens is 4. The molecular weight excluding hydrogens is 264 g/mol. The largest absolute Gasteiger partial charge is 0.344 e. The number of nitrogens with zero attached hydrogens (tertiary/aromatic N) is 3. The van der Waals surface area contributed by atoms with Gasteiger partial charge in [0.05, 0.1) is 0 Å². The van der Waals surface area contributed by atoms with Gasteiger partial charge in [0, 0.05) is 24.1 Å². The fourth-order valence-electron chi connectivity index (χ4n) is 1.77. The van der Waals surface area contributed by atoms with Gasteiger partial charge in [0.25, 0.3) is 0 Å². The van der Waals surface area contributed by atoms with Crippen molar-refractivity contribution in [1.29, 1.82) is 0 Å². The van der Waals surface area contributed by atoms with Crippen molar-refractivity contribution in [1.82, 2.24) is 19.7 Å². The van der Waals surface area contributed by atoms with Crippen LogP contribution in [0.4, 0.5) is 0 Å². The molecule has 1 saturated carbocycles. The first-order valence-electron chi connectivity index (χ1n) is 5.97. The molecule has 1 N–H and O–H groups in total. The quantitative estimate of drug-likeness (QED) is 0.859. The highest BCUT2D eigenvalue weighted by Gasteiger charge is 2.28. The van der Waals surface area contributed by atoms with Crippen LogP contribution in [-0.2, 0) is 0 Å². The number of Topliss-reactive ketones (excluding diaryl/α,β-unsaturated/α-hetero) is 1. The number of hydrogen-bond donors (Lipinski definition) is 1. The van der Waals surface area contributed by atoms with Crippen molar-refractivity contribution in [2.24, 2.45) is 0 Å². The van der Waals surface area contributed by atoms with Crippen LogP contribution >= 0.6 is 11.8 Å². The smallest absolute Gasteiger partial charge is 0.293 e. The van der Waals surface area contributed by atoms with Crippen molar-refractivity contribution in [3.05, 3.63) is 34.5 Å². The Morgan fingerprint density at radius 1 is 1.47 bits per heavy atom. The van der Waals surface area contributed by atoms with E-state index in [9.17, 15) is 9.59 Å². The lowest BCUT2D eigenvalue weighted by atomic mass is 10.3. The molecule has 0 radical (unpaired) electrons. The van der Waals surface area contributed by atoms with Crippen molar-refractivity contribution < 1.29 is 4.79 Å². The van der Waals surface area contributed by atoms with Gasteiger partial charge in [0.1, 0.15) is 5.69 Å². The van der Waals surface area contributed by atoms with Gasteiger partial charge in [-0.1, -0.05) is 0 Å². The molecule has 7 heteroatoms. The van der Waals surface area contributed by atoms with Crippen LogP contribution in [0.25, 0.3) is 0 Å². The minimum absolute atomic E-state index is 0.0637. The summed E-state index contributed by atoms with van der Waals surface area (Å²) in [7, 11) is 0. The summed E-state index contributed by atoms with van der Waals surface area (Å²) >= 11 is 1.37. The van der Waals surface area contributed by atoms with Gasteiger partial charge in [-0.25, -0.2) is 9.89 Å². The lowest BCUT2D eigenvalue weighted by Gasteiger charge is -2.03. The maximum Gasteiger partial charge on any atom is 0.344 e. The summed E-state index contributed by atoms with van der Waals surface area (Å²) in [5.41, 5.74) is 0.268. The van der Waals surface area contributed by atoms with E-state index >= 15 is 0 Å². The van der Waals surface area contributed by atoms with E-state index in [1.807, 2.05) is 6.07 Å². The topological polar surface area (TPSA) is 80.6 Å². The summed E-state index contributed by atoms with van der Waals surface area (Å²) in [4.78, 5) is 27.7. The fourth-order valence-corrected chi connectivity index (χ4v) is 2.65. The molecule has 0 saturated heterocycles. The highest BCUT2D eigenvalue weighted by atomic mass is 32.2. The molecule has 0 bridgehead atoms. The van der Waals surface area contributed by atoms with E-state index in [1.54, 1.807) is 16.8 Å². The Hall–Kier alpha value is -1.89. The predicted molar refractivity (Wildman–Crippen MR) is 69.5 cm³/mol. The minimum atomic E-state index is -0.168. The van der Waals surface area contributed by atoms with Crippen LogP contribution in [0.2, 0.25) is 0 Å². The average Bonchev–Trinajstić information content (AvgIpc) is 3.16. The van der Waals surface area contributed by atoms with Gasteiger partial charge in [-0.05, 0) is 36.7 Å². The summed E-state index contributed by atoms with van der Waals surface area (Å²) < 4.78 is 1.68. The van der Waals surface area contributed by atoms with Gasteiger partial charge >= 0.3 is 5.69 Å². The Bertz CT molecular complexity index is 670. The van der Waals surface area contributed by atoms with Crippen LogP contribution in [0.15, 0.2) is 33.2 Å². The van der Waals surface area contributed by atoms with Gasteiger partial charge in [-0.3, -0.25) is 14.3 Å². The second-order valence-electron chi connectivity index (χ2n) is 4.45. The zero-order valence-corrected chi connectivity index (χ0v) is 11.1. The summed E-state index contributed by atoms with van der Waals surface area (Å²) in [5, 5.41) is 7.14. The highest BCUT2D eigenvalue weighted by Crippen LogP contribution is 2.37. The number of ketones is 1. The maximum absolute atomic E-state index is 11.6. The van der Waals surface area contributed by atoms with Crippen LogP contribution in [0, 0.1) is 0 Å². The van der Waals surface area contributed by atoms with Crippen LogP contribution in [0.5, 0.6) is 0 Å². The number of nitrogens with one attached hydrogen (secondary N) is 1. The van der Waals surface area contributed by atoms with Crippen LogP contribution in [0.1, 0.15) is 36.3 Å². The molecule has 0 spiro atoms. The van der Waals surface area contributed by atoms with E-state index in [-0.39, 0.29) is 17.5 Å². The van der Waals surface area contributed by atoms with Crippen molar-refractivity contribution in [3.8, 4) is 0 Å². The second kappa shape index (κ2) is 4.65. The average molecular weight is 276 g/mol. The van der Waals surface area contributed by atoms with Gasteiger partial charge in [0.2, 0.25) is 0 Å². The molecule has 0 amide bonds. The van der Waals surface area contributed by atoms with E-state index < -0.39 is 0 Å². The number of carbonyl (C=O) groups is 1. The number of pyridine rings is 1. The highest BCUT2D eigenvalue weighted by molar-refractivity contribution is 7.99. The van der Waals surface area contributed by atoms with E-state index in [0.29, 0.717) is 10.9 Å². The van der Waals surface area contributed by atoms with E-state index in [4.69, 9.17) is 0 Å². The summed E-state index contributed by atoms with van der Waals surface area (Å²) in [6, 6.07) is 3.76. The fraction of sp³-hybridized carbons (Fsp3) is 0.333. The van der Waals surface area contributed by atoms with Crippen molar-refractivity contribution in [2.45, 2.75) is 35.9 Å². The number of carbonyl (C=O) groups excluding carboxylic acids is 1. The predicted octanol–water partition coefficient (Wildman–Crippen LogP) is 1.66. The van der Waals surface area contributed by atoms with Gasteiger partial charge < -0.3 is 0 Å². The standard InChI is InChI=1S/C12H12N4O2S/c1-7(17)10-5-4-9(6-13-10)19-12-15-14-11(18)16(12)8-2-3-8/h4-6,8H,2-3H2,1H3,(H,14,18). The van der Waals surface area contributed by atoms with E-state index in [0.717, 1.165) is 17.7 Å². The molecule has 2 aromatic heterocycles. The van der Waals surface area contributed by atoms with Crippen LogP contribution in [0.3, 0.4) is 0 Å². The third-order valence-electron chi connectivity index (χ3n) is 2.89. The molecule has 2 heterocycles. The Kier molecular flexibility index (Phi) is 2.98. The summed E-state index contributed by atoms with van der Waals surface area (Å²) in [5.74, 6) is -0.0637. The molecule has 98 valence electrons. The van der Waals surface area contributed by atoms with Crippen LogP contribution in [-0.4, -0.2) is 25.5 Å². The molecule has 6 nitrogen and oxygen atoms in total. The number of H-pyrrole nitrogens is 1. The minimum Gasteiger partial charge on any atom is -0.293 e. The molecule has 1 fully saturated rings. The SMILES string of the molecule is CC(=O)c1ccc(Sc2n[nH]c(=O)n2C2CC2)cn1. The second-order valence-corrected chi connectivity index (χ2v) is 5.49. The first-order valence-corrected chi connectivity index (χ1v) is 6.78. The van der Waals surface area contributed by atoms with Crippen LogP contribution < -0.4 is 5.69 Å². The molecule has 0 atom stereocenters. The molecule has 2 aromatic rings. The third kappa shape index (κ3) is 2.46. The monoisotopic (exact) mass is 276 g/mol. The number of aromatic amines is 1. The first-order chi connectivity index (χ1) is 9.15. The maximum atomic E-state index is 11.6. The Morgan fingerprint density at radius 2 is 2.26 bits per heavy atom. The summed E-state index contributed by atoms with van der Waals surface area (Å²) in [6.45, 7) is 1.48. The molecule has 0 unspecified atom stereocenters. The Morgan fingerprint density at radius 3 is 2.84 bits per heavy atom. The van der Waals surface area contributed by atoms with Gasteiger partial charge in [-0.15, -0.1) is 5.10 Å². The molecule has 1 aliphatic rings. The Balaban J connectivity index is 1.85. The zero-order chi connectivity index (χ0) is 13.4. The molecule has 0 aromatic carbocycles. The van der Waals surface area contributed by atoms with Crippen molar-refractivity contribution in [2.75, 3.05) is 0 Å². The first kappa shape index (κ1) is 12.2. The molecule has 0 aliphatic heterocycles.